The Morgan fingerprint density at radius 2 is 1.87 bits per heavy atom. The molecule has 6 nitrogen and oxygen atoms in total. The largest absolute Gasteiger partial charge is 0.361 e. The topological polar surface area (TPSA) is 75.6 Å². The number of anilines is 1. The third-order valence-electron chi connectivity index (χ3n) is 5.52. The second-order valence-electron chi connectivity index (χ2n) is 7.53. The maximum Gasteiger partial charge on any atom is 0.263 e. The third-order valence-corrected chi connectivity index (χ3v) is 5.81. The van der Waals surface area contributed by atoms with Crippen molar-refractivity contribution in [2.45, 2.75) is 19.9 Å². The number of H-pyrrole nitrogens is 1. The van der Waals surface area contributed by atoms with Gasteiger partial charge >= 0.3 is 0 Å². The van der Waals surface area contributed by atoms with Gasteiger partial charge in [-0.15, -0.1) is 0 Å². The van der Waals surface area contributed by atoms with Crippen molar-refractivity contribution in [1.82, 2.24) is 19.5 Å². The Morgan fingerprint density at radius 1 is 1.06 bits per heavy atom. The van der Waals surface area contributed by atoms with Crippen LogP contribution in [-0.2, 0) is 0 Å². The van der Waals surface area contributed by atoms with E-state index in [0.29, 0.717) is 16.5 Å². The molecule has 0 aliphatic heterocycles. The van der Waals surface area contributed by atoms with Gasteiger partial charge in [-0.05, 0) is 43.0 Å². The third kappa shape index (κ3) is 3.25. The number of hydrogen-bond donors (Lipinski definition) is 2. The number of hydrogen-bond acceptors (Lipinski definition) is 4. The molecule has 154 valence electrons. The maximum absolute atomic E-state index is 13.6. The van der Waals surface area contributed by atoms with E-state index in [-0.39, 0.29) is 11.6 Å². The Kier molecular flexibility index (Phi) is 4.71. The molecule has 0 spiro atoms. The molecule has 0 saturated heterocycles. The highest BCUT2D eigenvalue weighted by Gasteiger charge is 2.19. The molecular formula is C24H20ClN5O. The van der Waals surface area contributed by atoms with Crippen LogP contribution in [0.3, 0.4) is 0 Å². The van der Waals surface area contributed by atoms with Gasteiger partial charge in [0.15, 0.2) is 0 Å². The zero-order valence-corrected chi connectivity index (χ0v) is 17.8. The number of nitrogens with one attached hydrogen (secondary N) is 2. The number of aromatic amines is 1. The molecule has 0 aliphatic rings. The molecule has 0 radical (unpaired) electrons. The van der Waals surface area contributed by atoms with Crippen molar-refractivity contribution in [2.24, 2.45) is 0 Å². The van der Waals surface area contributed by atoms with Crippen molar-refractivity contribution in [1.29, 1.82) is 0 Å². The SMILES string of the molecule is Cc1cccc2cc([C@H](C)Nc3ncnc4[nH]cc(Cl)c34)n(-c3ccccc3)c(=O)c12. The maximum atomic E-state index is 13.6. The average Bonchev–Trinajstić information content (AvgIpc) is 3.16. The molecule has 2 aromatic carbocycles. The summed E-state index contributed by atoms with van der Waals surface area (Å²) in [7, 11) is 0. The van der Waals surface area contributed by atoms with Gasteiger partial charge in [0.2, 0.25) is 0 Å². The van der Waals surface area contributed by atoms with E-state index in [1.165, 1.54) is 6.33 Å². The van der Waals surface area contributed by atoms with E-state index in [1.807, 2.05) is 62.4 Å². The average molecular weight is 430 g/mol. The van der Waals surface area contributed by atoms with Crippen LogP contribution in [-0.4, -0.2) is 19.5 Å². The molecular weight excluding hydrogens is 410 g/mol. The van der Waals surface area contributed by atoms with Gasteiger partial charge in [-0.25, -0.2) is 9.97 Å². The number of para-hydroxylation sites is 1. The number of benzene rings is 2. The summed E-state index contributed by atoms with van der Waals surface area (Å²) in [6.07, 6.45) is 3.17. The van der Waals surface area contributed by atoms with Gasteiger partial charge in [-0.2, -0.15) is 0 Å². The summed E-state index contributed by atoms with van der Waals surface area (Å²) in [5.74, 6) is 0.611. The van der Waals surface area contributed by atoms with E-state index in [4.69, 9.17) is 11.6 Å². The molecule has 31 heavy (non-hydrogen) atoms. The van der Waals surface area contributed by atoms with Crippen LogP contribution in [0, 0.1) is 6.92 Å². The first-order valence-corrected chi connectivity index (χ1v) is 10.4. The lowest BCUT2D eigenvalue weighted by molar-refractivity contribution is 0.774. The smallest absolute Gasteiger partial charge is 0.263 e. The van der Waals surface area contributed by atoms with Crippen molar-refractivity contribution in [3.05, 3.63) is 93.8 Å². The lowest BCUT2D eigenvalue weighted by atomic mass is 10.0. The second-order valence-corrected chi connectivity index (χ2v) is 7.94. The van der Waals surface area contributed by atoms with Crippen LogP contribution < -0.4 is 10.9 Å². The zero-order valence-electron chi connectivity index (χ0n) is 17.1. The van der Waals surface area contributed by atoms with Crippen molar-refractivity contribution < 1.29 is 0 Å². The standard InChI is InChI=1S/C24H20ClN5O/c1-14-7-6-8-16-11-19(30(24(31)20(14)16)17-9-4-3-5-10-17)15(2)29-23-21-18(25)12-26-22(21)27-13-28-23/h3-13,15H,1-2H3,(H2,26,27,28,29)/t15-/m0/s1. The zero-order chi connectivity index (χ0) is 21.5. The summed E-state index contributed by atoms with van der Waals surface area (Å²) >= 11 is 6.35. The van der Waals surface area contributed by atoms with E-state index in [1.54, 1.807) is 10.8 Å². The lowest BCUT2D eigenvalue weighted by Crippen LogP contribution is -2.26. The second kappa shape index (κ2) is 7.56. The summed E-state index contributed by atoms with van der Waals surface area (Å²) in [6.45, 7) is 3.97. The molecule has 0 saturated carbocycles. The molecule has 5 aromatic rings. The van der Waals surface area contributed by atoms with Crippen molar-refractivity contribution in [2.75, 3.05) is 5.32 Å². The number of nitrogens with zero attached hydrogens (tertiary/aromatic N) is 3. The number of aryl methyl sites for hydroxylation is 1. The van der Waals surface area contributed by atoms with Gasteiger partial charge in [-0.3, -0.25) is 9.36 Å². The predicted molar refractivity (Wildman–Crippen MR) is 125 cm³/mol. The fourth-order valence-electron chi connectivity index (χ4n) is 4.03. The summed E-state index contributed by atoms with van der Waals surface area (Å²) in [6, 6.07) is 17.4. The van der Waals surface area contributed by atoms with Gasteiger partial charge in [0.1, 0.15) is 17.8 Å². The summed E-state index contributed by atoms with van der Waals surface area (Å²) in [4.78, 5) is 25.3. The van der Waals surface area contributed by atoms with Gasteiger partial charge in [-0.1, -0.05) is 48.0 Å². The van der Waals surface area contributed by atoms with Crippen molar-refractivity contribution in [3.63, 3.8) is 0 Å². The van der Waals surface area contributed by atoms with E-state index >= 15 is 0 Å². The van der Waals surface area contributed by atoms with Gasteiger partial charge in [0.05, 0.1) is 21.8 Å². The van der Waals surface area contributed by atoms with Crippen LogP contribution in [0.5, 0.6) is 0 Å². The predicted octanol–water partition coefficient (Wildman–Crippen LogP) is 5.40. The number of fused-ring (bicyclic) bond motifs is 2. The van der Waals surface area contributed by atoms with Crippen LogP contribution >= 0.6 is 11.6 Å². The normalized spacial score (nSPS) is 12.4. The highest BCUT2D eigenvalue weighted by Crippen LogP contribution is 2.30. The molecule has 0 aliphatic carbocycles. The fraction of sp³-hybridized carbons (Fsp3) is 0.125. The first kappa shape index (κ1) is 19.3. The molecule has 2 N–H and O–H groups in total. The minimum absolute atomic E-state index is 0.0436. The Morgan fingerprint density at radius 3 is 2.68 bits per heavy atom. The Labute approximate surface area is 183 Å². The number of rotatable bonds is 4. The number of pyridine rings is 1. The highest BCUT2D eigenvalue weighted by molar-refractivity contribution is 6.36. The van der Waals surface area contributed by atoms with Crippen LogP contribution in [0.25, 0.3) is 27.5 Å². The minimum atomic E-state index is -0.234. The molecule has 0 amide bonds. The molecule has 1 atom stereocenters. The number of halogens is 1. The molecule has 0 unspecified atom stereocenters. The Balaban J connectivity index is 1.71. The van der Waals surface area contributed by atoms with Crippen LogP contribution in [0.15, 0.2) is 71.9 Å². The van der Waals surface area contributed by atoms with E-state index in [2.05, 4.69) is 26.3 Å². The van der Waals surface area contributed by atoms with E-state index in [0.717, 1.165) is 33.1 Å². The lowest BCUT2D eigenvalue weighted by Gasteiger charge is -2.22. The molecule has 7 heteroatoms. The summed E-state index contributed by atoms with van der Waals surface area (Å²) < 4.78 is 1.77. The van der Waals surface area contributed by atoms with Crippen LogP contribution in [0.2, 0.25) is 5.02 Å². The first-order chi connectivity index (χ1) is 15.0. The summed E-state index contributed by atoms with van der Waals surface area (Å²) in [5, 5.41) is 6.33. The highest BCUT2D eigenvalue weighted by atomic mass is 35.5. The van der Waals surface area contributed by atoms with E-state index < -0.39 is 0 Å². The van der Waals surface area contributed by atoms with Crippen LogP contribution in [0.1, 0.15) is 24.2 Å². The van der Waals surface area contributed by atoms with Crippen LogP contribution in [0.4, 0.5) is 5.82 Å². The monoisotopic (exact) mass is 429 g/mol. The van der Waals surface area contributed by atoms with Gasteiger partial charge in [0.25, 0.3) is 5.56 Å². The van der Waals surface area contributed by atoms with Gasteiger partial charge < -0.3 is 10.3 Å². The molecule has 5 rings (SSSR count). The van der Waals surface area contributed by atoms with Gasteiger partial charge in [0, 0.05) is 17.6 Å². The first-order valence-electron chi connectivity index (χ1n) is 9.99. The Bertz CT molecular complexity index is 1470. The Hall–Kier alpha value is -3.64. The molecule has 3 heterocycles. The van der Waals surface area contributed by atoms with Crippen molar-refractivity contribution >= 4 is 39.2 Å². The molecule has 3 aromatic heterocycles. The van der Waals surface area contributed by atoms with E-state index in [9.17, 15) is 4.79 Å². The number of aromatic nitrogens is 4. The molecule has 0 bridgehead atoms. The minimum Gasteiger partial charge on any atom is -0.361 e. The fourth-order valence-corrected chi connectivity index (χ4v) is 4.27. The summed E-state index contributed by atoms with van der Waals surface area (Å²) in [5.41, 5.74) is 3.21. The quantitative estimate of drug-likeness (QED) is 0.401. The molecule has 0 fully saturated rings. The van der Waals surface area contributed by atoms with Crippen molar-refractivity contribution in [3.8, 4) is 5.69 Å².